The number of para-hydroxylation sites is 1. The fraction of sp³-hybridized carbons (Fsp3) is 0.278. The summed E-state index contributed by atoms with van der Waals surface area (Å²) in [6.07, 6.45) is 3.03. The van der Waals surface area contributed by atoms with Gasteiger partial charge in [-0.3, -0.25) is 4.79 Å². The van der Waals surface area contributed by atoms with Crippen molar-refractivity contribution in [2.75, 3.05) is 24.6 Å². The molecule has 3 heteroatoms. The lowest BCUT2D eigenvalue weighted by Crippen LogP contribution is -2.33. The number of hydrogen-bond acceptors (Lipinski definition) is 3. The lowest BCUT2D eigenvalue weighted by Gasteiger charge is -2.31. The second-order valence-corrected chi connectivity index (χ2v) is 5.21. The van der Waals surface area contributed by atoms with Crippen LogP contribution in [0.5, 0.6) is 5.75 Å². The fourth-order valence-corrected chi connectivity index (χ4v) is 2.86. The van der Waals surface area contributed by atoms with Gasteiger partial charge in [0.2, 0.25) is 0 Å². The zero-order valence-corrected chi connectivity index (χ0v) is 12.0. The molecule has 0 aromatic heterocycles. The van der Waals surface area contributed by atoms with E-state index < -0.39 is 0 Å². The van der Waals surface area contributed by atoms with Crippen molar-refractivity contribution >= 4 is 12.0 Å². The van der Waals surface area contributed by atoms with Crippen LogP contribution in [0, 0.1) is 0 Å². The maximum atomic E-state index is 11.1. The van der Waals surface area contributed by atoms with Crippen molar-refractivity contribution in [2.45, 2.75) is 12.8 Å². The molecule has 2 aromatic carbocycles. The lowest BCUT2D eigenvalue weighted by molar-refractivity contribution is 0.112. The normalized spacial score (nSPS) is 13.6. The van der Waals surface area contributed by atoms with Gasteiger partial charge in [-0.25, -0.2) is 0 Å². The number of rotatable bonds is 5. The van der Waals surface area contributed by atoms with Gasteiger partial charge in [-0.1, -0.05) is 30.3 Å². The van der Waals surface area contributed by atoms with Gasteiger partial charge in [0.25, 0.3) is 0 Å². The topological polar surface area (TPSA) is 29.5 Å². The van der Waals surface area contributed by atoms with E-state index in [9.17, 15) is 4.79 Å². The molecule has 3 rings (SSSR count). The van der Waals surface area contributed by atoms with Crippen molar-refractivity contribution in [3.8, 4) is 5.75 Å². The smallest absolute Gasteiger partial charge is 0.150 e. The summed E-state index contributed by atoms with van der Waals surface area (Å²) in [5, 5.41) is 0. The Morgan fingerprint density at radius 3 is 2.76 bits per heavy atom. The predicted molar refractivity (Wildman–Crippen MR) is 84.3 cm³/mol. The number of nitrogens with zero attached hydrogens (tertiary/aromatic N) is 1. The Morgan fingerprint density at radius 2 is 1.95 bits per heavy atom. The number of carbonyl (C=O) groups excluding carboxylic acids is 1. The maximum absolute atomic E-state index is 11.1. The minimum absolute atomic E-state index is 0.648. The Bertz CT molecular complexity index is 610. The Labute approximate surface area is 125 Å². The first-order valence-electron chi connectivity index (χ1n) is 7.38. The van der Waals surface area contributed by atoms with E-state index in [1.807, 2.05) is 42.5 Å². The third-order valence-electron chi connectivity index (χ3n) is 3.88. The van der Waals surface area contributed by atoms with E-state index in [4.69, 9.17) is 4.74 Å². The number of aldehydes is 1. The molecule has 0 atom stereocenters. The quantitative estimate of drug-likeness (QED) is 0.787. The molecular formula is C18H19NO2. The second kappa shape index (κ2) is 6.44. The van der Waals surface area contributed by atoms with E-state index in [2.05, 4.69) is 11.0 Å². The number of benzene rings is 2. The van der Waals surface area contributed by atoms with Crippen molar-refractivity contribution in [1.82, 2.24) is 0 Å². The molecule has 0 amide bonds. The van der Waals surface area contributed by atoms with Crippen LogP contribution < -0.4 is 9.64 Å². The Kier molecular flexibility index (Phi) is 4.20. The molecule has 0 aliphatic carbocycles. The van der Waals surface area contributed by atoms with E-state index in [-0.39, 0.29) is 0 Å². The minimum Gasteiger partial charge on any atom is -0.492 e. The zero-order chi connectivity index (χ0) is 14.5. The van der Waals surface area contributed by atoms with Crippen LogP contribution in [0.1, 0.15) is 22.3 Å². The number of fused-ring (bicyclic) bond motifs is 1. The van der Waals surface area contributed by atoms with Crippen molar-refractivity contribution in [1.29, 1.82) is 0 Å². The van der Waals surface area contributed by atoms with Crippen LogP contribution in [0.3, 0.4) is 0 Å². The third kappa shape index (κ3) is 3.07. The van der Waals surface area contributed by atoms with Gasteiger partial charge in [0, 0.05) is 17.8 Å². The molecule has 1 heterocycles. The molecule has 0 unspecified atom stereocenters. The van der Waals surface area contributed by atoms with Crippen molar-refractivity contribution in [2.24, 2.45) is 0 Å². The number of hydrogen-bond donors (Lipinski definition) is 0. The van der Waals surface area contributed by atoms with Crippen molar-refractivity contribution < 1.29 is 9.53 Å². The van der Waals surface area contributed by atoms with Crippen molar-refractivity contribution in [3.05, 3.63) is 59.7 Å². The molecule has 0 spiro atoms. The molecule has 2 aromatic rings. The molecule has 0 fully saturated rings. The first-order valence-corrected chi connectivity index (χ1v) is 7.38. The SMILES string of the molecule is O=Cc1cccc2c1CCCN2CCOc1ccccc1. The highest BCUT2D eigenvalue weighted by Crippen LogP contribution is 2.28. The molecule has 1 aliphatic rings. The van der Waals surface area contributed by atoms with Gasteiger partial charge in [-0.2, -0.15) is 0 Å². The summed E-state index contributed by atoms with van der Waals surface area (Å²) in [6.45, 7) is 2.51. The van der Waals surface area contributed by atoms with Gasteiger partial charge < -0.3 is 9.64 Å². The molecule has 3 nitrogen and oxygen atoms in total. The molecule has 0 radical (unpaired) electrons. The molecule has 108 valence electrons. The standard InChI is InChI=1S/C18H19NO2/c20-14-15-6-4-10-18-17(15)9-5-11-19(18)12-13-21-16-7-2-1-3-8-16/h1-4,6-8,10,14H,5,9,11-13H2. The summed E-state index contributed by atoms with van der Waals surface area (Å²) < 4.78 is 5.77. The molecule has 0 N–H and O–H groups in total. The first kappa shape index (κ1) is 13.7. The molecular weight excluding hydrogens is 262 g/mol. The highest BCUT2D eigenvalue weighted by atomic mass is 16.5. The molecule has 0 saturated heterocycles. The molecule has 21 heavy (non-hydrogen) atoms. The molecule has 1 aliphatic heterocycles. The van der Waals surface area contributed by atoms with Crippen LogP contribution in [0.15, 0.2) is 48.5 Å². The van der Waals surface area contributed by atoms with Crippen LogP contribution in [0.25, 0.3) is 0 Å². The highest BCUT2D eigenvalue weighted by molar-refractivity contribution is 5.81. The lowest BCUT2D eigenvalue weighted by atomic mass is 9.97. The predicted octanol–water partition coefficient (Wildman–Crippen LogP) is 3.33. The summed E-state index contributed by atoms with van der Waals surface area (Å²) in [5.41, 5.74) is 3.18. The average Bonchev–Trinajstić information content (AvgIpc) is 2.55. The summed E-state index contributed by atoms with van der Waals surface area (Å²) in [7, 11) is 0. The van der Waals surface area contributed by atoms with Gasteiger partial charge in [-0.15, -0.1) is 0 Å². The van der Waals surface area contributed by atoms with E-state index in [0.29, 0.717) is 6.61 Å². The van der Waals surface area contributed by atoms with Crippen LogP contribution >= 0.6 is 0 Å². The van der Waals surface area contributed by atoms with E-state index in [1.54, 1.807) is 0 Å². The molecule has 0 saturated carbocycles. The summed E-state index contributed by atoms with van der Waals surface area (Å²) >= 11 is 0. The number of carbonyl (C=O) groups is 1. The Balaban J connectivity index is 1.67. The minimum atomic E-state index is 0.648. The van der Waals surface area contributed by atoms with E-state index in [0.717, 1.165) is 43.5 Å². The van der Waals surface area contributed by atoms with Gasteiger partial charge >= 0.3 is 0 Å². The average molecular weight is 281 g/mol. The number of anilines is 1. The second-order valence-electron chi connectivity index (χ2n) is 5.21. The van der Waals surface area contributed by atoms with Crippen molar-refractivity contribution in [3.63, 3.8) is 0 Å². The van der Waals surface area contributed by atoms with Crippen LogP contribution in [-0.2, 0) is 6.42 Å². The number of ether oxygens (including phenoxy) is 1. The molecule has 0 bridgehead atoms. The third-order valence-corrected chi connectivity index (χ3v) is 3.88. The zero-order valence-electron chi connectivity index (χ0n) is 12.0. The highest BCUT2D eigenvalue weighted by Gasteiger charge is 2.18. The van der Waals surface area contributed by atoms with Gasteiger partial charge in [0.1, 0.15) is 18.6 Å². The summed E-state index contributed by atoms with van der Waals surface area (Å²) in [5.74, 6) is 0.899. The van der Waals surface area contributed by atoms with Crippen LogP contribution in [0.4, 0.5) is 5.69 Å². The fourth-order valence-electron chi connectivity index (χ4n) is 2.86. The maximum Gasteiger partial charge on any atom is 0.150 e. The largest absolute Gasteiger partial charge is 0.492 e. The van der Waals surface area contributed by atoms with E-state index >= 15 is 0 Å². The van der Waals surface area contributed by atoms with Gasteiger partial charge in [0.05, 0.1) is 6.54 Å². The monoisotopic (exact) mass is 281 g/mol. The summed E-state index contributed by atoms with van der Waals surface area (Å²) in [6, 6.07) is 15.8. The first-order chi connectivity index (χ1) is 10.4. The van der Waals surface area contributed by atoms with E-state index in [1.165, 1.54) is 11.3 Å². The summed E-state index contributed by atoms with van der Waals surface area (Å²) in [4.78, 5) is 13.5. The van der Waals surface area contributed by atoms with Crippen LogP contribution in [-0.4, -0.2) is 26.0 Å². The van der Waals surface area contributed by atoms with Gasteiger partial charge in [-0.05, 0) is 36.6 Å². The Morgan fingerprint density at radius 1 is 1.10 bits per heavy atom. The Hall–Kier alpha value is -2.29. The van der Waals surface area contributed by atoms with Crippen LogP contribution in [0.2, 0.25) is 0 Å². The van der Waals surface area contributed by atoms with Gasteiger partial charge in [0.15, 0.2) is 0 Å².